The van der Waals surface area contributed by atoms with E-state index in [1.807, 2.05) is 0 Å². The fourth-order valence-electron chi connectivity index (χ4n) is 2.78. The lowest BCUT2D eigenvalue weighted by atomic mass is 9.91. The van der Waals surface area contributed by atoms with Gasteiger partial charge < -0.3 is 0 Å². The third-order valence-electron chi connectivity index (χ3n) is 3.47. The van der Waals surface area contributed by atoms with Gasteiger partial charge >= 0.3 is 0 Å². The van der Waals surface area contributed by atoms with Gasteiger partial charge in [-0.25, -0.2) is 0 Å². The number of carbonyl (C=O) groups excluding carboxylic acids is 1. The zero-order chi connectivity index (χ0) is 11.6. The van der Waals surface area contributed by atoms with Gasteiger partial charge in [0.25, 0.3) is 0 Å². The molecule has 1 saturated carbocycles. The average molecular weight is 296 g/mol. The summed E-state index contributed by atoms with van der Waals surface area (Å²) < 4.78 is 0. The first kappa shape index (κ1) is 11.2. The SMILES string of the molecule is O=C1[C@@H]2CC[C@@H]1c1c(Cl)c(Cl)c(Cl)c(Cl)c12. The number of hydrogen-bond acceptors (Lipinski definition) is 1. The zero-order valence-electron chi connectivity index (χ0n) is 7.99. The van der Waals surface area contributed by atoms with Crippen LogP contribution < -0.4 is 0 Å². The Bertz CT molecular complexity index is 478. The number of rotatable bonds is 0. The molecule has 1 nitrogen and oxygen atoms in total. The molecule has 2 atom stereocenters. The van der Waals surface area contributed by atoms with Gasteiger partial charge in [-0.1, -0.05) is 46.4 Å². The van der Waals surface area contributed by atoms with Gasteiger partial charge in [-0.05, 0) is 24.0 Å². The molecule has 1 aromatic carbocycles. The van der Waals surface area contributed by atoms with E-state index in [4.69, 9.17) is 46.4 Å². The fourth-order valence-corrected chi connectivity index (χ4v) is 3.93. The van der Waals surface area contributed by atoms with E-state index in [2.05, 4.69) is 0 Å². The van der Waals surface area contributed by atoms with Crippen molar-refractivity contribution in [1.29, 1.82) is 0 Å². The molecule has 84 valence electrons. The predicted octanol–water partition coefficient (Wildman–Crippen LogP) is 4.84. The van der Waals surface area contributed by atoms with Gasteiger partial charge in [0, 0.05) is 11.8 Å². The van der Waals surface area contributed by atoms with Crippen LogP contribution in [0.3, 0.4) is 0 Å². The molecule has 3 rings (SSSR count). The van der Waals surface area contributed by atoms with Gasteiger partial charge in [0.05, 0.1) is 20.1 Å². The van der Waals surface area contributed by atoms with Crippen molar-refractivity contribution in [3.8, 4) is 0 Å². The van der Waals surface area contributed by atoms with Crippen molar-refractivity contribution >= 4 is 52.2 Å². The summed E-state index contributed by atoms with van der Waals surface area (Å²) in [6, 6.07) is 0. The van der Waals surface area contributed by atoms with Crippen molar-refractivity contribution in [2.24, 2.45) is 0 Å². The van der Waals surface area contributed by atoms with Crippen molar-refractivity contribution in [3.63, 3.8) is 0 Å². The molecule has 1 fully saturated rings. The monoisotopic (exact) mass is 294 g/mol. The minimum absolute atomic E-state index is 0.125. The van der Waals surface area contributed by atoms with Crippen LogP contribution in [0.15, 0.2) is 0 Å². The minimum atomic E-state index is -0.125. The molecule has 0 saturated heterocycles. The second-order valence-electron chi connectivity index (χ2n) is 4.17. The van der Waals surface area contributed by atoms with Crippen LogP contribution >= 0.6 is 46.4 Å². The second kappa shape index (κ2) is 3.52. The van der Waals surface area contributed by atoms with E-state index in [1.165, 1.54) is 0 Å². The van der Waals surface area contributed by atoms with E-state index in [0.717, 1.165) is 24.0 Å². The highest BCUT2D eigenvalue weighted by atomic mass is 35.5. The molecule has 5 heteroatoms. The standard InChI is InChI=1S/C11H6Cl4O/c12-7-5-3-1-2-4(11(3)16)6(5)8(13)10(15)9(7)14/h3-4H,1-2H2/t3-,4-/m1/s1. The van der Waals surface area contributed by atoms with Gasteiger partial charge in [-0.2, -0.15) is 0 Å². The Morgan fingerprint density at radius 2 is 1.12 bits per heavy atom. The Hall–Kier alpha value is 0.0500. The first-order chi connectivity index (χ1) is 7.54. The average Bonchev–Trinajstić information content (AvgIpc) is 2.77. The summed E-state index contributed by atoms with van der Waals surface area (Å²) in [5, 5.41) is 1.30. The topological polar surface area (TPSA) is 17.1 Å². The molecule has 0 spiro atoms. The molecular weight excluding hydrogens is 290 g/mol. The van der Waals surface area contributed by atoms with E-state index >= 15 is 0 Å². The maximum Gasteiger partial charge on any atom is 0.147 e. The molecule has 0 unspecified atom stereocenters. The van der Waals surface area contributed by atoms with Gasteiger partial charge in [0.1, 0.15) is 5.78 Å². The molecule has 2 aliphatic rings. The lowest BCUT2D eigenvalue weighted by molar-refractivity contribution is -0.119. The Labute approximate surface area is 113 Å². The molecule has 0 heterocycles. The molecule has 0 aliphatic heterocycles. The summed E-state index contributed by atoms with van der Waals surface area (Å²) >= 11 is 24.3. The Balaban J connectivity index is 2.39. The molecule has 16 heavy (non-hydrogen) atoms. The van der Waals surface area contributed by atoms with E-state index < -0.39 is 0 Å². The number of hydrogen-bond donors (Lipinski definition) is 0. The smallest absolute Gasteiger partial charge is 0.147 e. The van der Waals surface area contributed by atoms with Gasteiger partial charge in [0.15, 0.2) is 0 Å². The Morgan fingerprint density at radius 3 is 1.50 bits per heavy atom. The van der Waals surface area contributed by atoms with Crippen LogP contribution in [0.4, 0.5) is 0 Å². The Morgan fingerprint density at radius 1 is 0.750 bits per heavy atom. The summed E-state index contributed by atoms with van der Waals surface area (Å²) in [4.78, 5) is 11.9. The highest BCUT2D eigenvalue weighted by molar-refractivity contribution is 6.52. The quantitative estimate of drug-likeness (QED) is 0.494. The van der Waals surface area contributed by atoms with Crippen LogP contribution in [-0.4, -0.2) is 5.78 Å². The molecule has 2 aliphatic carbocycles. The van der Waals surface area contributed by atoms with Crippen LogP contribution in [0.5, 0.6) is 0 Å². The maximum absolute atomic E-state index is 11.9. The molecular formula is C11H6Cl4O. The summed E-state index contributed by atoms with van der Waals surface area (Å²) in [7, 11) is 0. The fraction of sp³-hybridized carbons (Fsp3) is 0.364. The maximum atomic E-state index is 11.9. The highest BCUT2D eigenvalue weighted by Crippen LogP contribution is 2.58. The van der Waals surface area contributed by atoms with Crippen molar-refractivity contribution in [2.45, 2.75) is 24.7 Å². The van der Waals surface area contributed by atoms with Crippen molar-refractivity contribution < 1.29 is 4.79 Å². The lowest BCUT2D eigenvalue weighted by Gasteiger charge is -2.18. The normalized spacial score (nSPS) is 26.4. The number of fused-ring (bicyclic) bond motifs is 5. The first-order valence-electron chi connectivity index (χ1n) is 4.93. The Kier molecular flexibility index (Phi) is 2.46. The lowest BCUT2D eigenvalue weighted by Crippen LogP contribution is -2.01. The van der Waals surface area contributed by atoms with Crippen LogP contribution in [0.2, 0.25) is 20.1 Å². The zero-order valence-corrected chi connectivity index (χ0v) is 11.0. The van der Waals surface area contributed by atoms with E-state index in [1.54, 1.807) is 0 Å². The molecule has 0 amide bonds. The number of halogens is 4. The third kappa shape index (κ3) is 1.18. The van der Waals surface area contributed by atoms with Crippen LogP contribution in [-0.2, 0) is 4.79 Å². The van der Waals surface area contributed by atoms with Gasteiger partial charge in [-0.3, -0.25) is 4.79 Å². The van der Waals surface area contributed by atoms with Crippen molar-refractivity contribution in [3.05, 3.63) is 31.2 Å². The summed E-state index contributed by atoms with van der Waals surface area (Å²) in [5.41, 5.74) is 1.62. The molecule has 1 aromatic rings. The number of Topliss-reactive ketones (excluding diaryl/α,β-unsaturated/α-hetero) is 1. The molecule has 0 aromatic heterocycles. The van der Waals surface area contributed by atoms with E-state index in [0.29, 0.717) is 10.0 Å². The molecule has 2 bridgehead atoms. The summed E-state index contributed by atoms with van der Waals surface area (Å²) in [6.45, 7) is 0. The van der Waals surface area contributed by atoms with Gasteiger partial charge in [-0.15, -0.1) is 0 Å². The summed E-state index contributed by atoms with van der Waals surface area (Å²) in [6.07, 6.45) is 1.68. The van der Waals surface area contributed by atoms with Crippen molar-refractivity contribution in [1.82, 2.24) is 0 Å². The first-order valence-corrected chi connectivity index (χ1v) is 6.44. The third-order valence-corrected chi connectivity index (χ3v) is 5.30. The number of ketones is 1. The highest BCUT2D eigenvalue weighted by Gasteiger charge is 2.48. The molecule has 0 N–H and O–H groups in total. The van der Waals surface area contributed by atoms with Gasteiger partial charge in [0.2, 0.25) is 0 Å². The van der Waals surface area contributed by atoms with Crippen LogP contribution in [0.25, 0.3) is 0 Å². The van der Waals surface area contributed by atoms with E-state index in [9.17, 15) is 4.79 Å². The molecule has 0 radical (unpaired) electrons. The van der Waals surface area contributed by atoms with E-state index in [-0.39, 0.29) is 27.7 Å². The van der Waals surface area contributed by atoms with Crippen LogP contribution in [0, 0.1) is 0 Å². The number of carbonyl (C=O) groups is 1. The largest absolute Gasteiger partial charge is 0.298 e. The predicted molar refractivity (Wildman–Crippen MR) is 66.2 cm³/mol. The van der Waals surface area contributed by atoms with Crippen LogP contribution in [0.1, 0.15) is 35.8 Å². The minimum Gasteiger partial charge on any atom is -0.298 e. The van der Waals surface area contributed by atoms with Crippen molar-refractivity contribution in [2.75, 3.05) is 0 Å². The second-order valence-corrected chi connectivity index (χ2v) is 5.68. The number of benzene rings is 1. The summed E-state index contributed by atoms with van der Waals surface area (Å²) in [5.74, 6) is -0.0448.